The van der Waals surface area contributed by atoms with Gasteiger partial charge in [-0.25, -0.2) is 0 Å². The Morgan fingerprint density at radius 1 is 0.431 bits per heavy atom. The number of thiophene rings is 1. The highest BCUT2D eigenvalue weighted by molar-refractivity contribution is 7.25. The van der Waals surface area contributed by atoms with Crippen molar-refractivity contribution in [2.24, 2.45) is 0 Å². The van der Waals surface area contributed by atoms with E-state index in [2.05, 4.69) is 195 Å². The Hall–Kier alpha value is -5.96. The van der Waals surface area contributed by atoms with E-state index in [1.807, 2.05) is 11.3 Å². The molecule has 0 saturated carbocycles. The van der Waals surface area contributed by atoms with Crippen molar-refractivity contribution in [1.82, 2.24) is 0 Å². The van der Waals surface area contributed by atoms with E-state index in [0.717, 1.165) is 11.4 Å². The molecule has 8 aromatic carbocycles. The Kier molecular flexibility index (Phi) is 6.78. The second-order valence-electron chi connectivity index (χ2n) is 14.1. The quantitative estimate of drug-likeness (QED) is 0.176. The first-order valence-electron chi connectivity index (χ1n) is 17.7. The van der Waals surface area contributed by atoms with Crippen LogP contribution in [0.5, 0.6) is 0 Å². The lowest BCUT2D eigenvalue weighted by Crippen LogP contribution is -2.17. The van der Waals surface area contributed by atoms with Crippen LogP contribution in [0.3, 0.4) is 0 Å². The van der Waals surface area contributed by atoms with Crippen molar-refractivity contribution >= 4 is 59.3 Å². The van der Waals surface area contributed by atoms with Crippen LogP contribution in [0.25, 0.3) is 64.3 Å². The number of hydrogen-bond donors (Lipinski definition) is 0. The minimum Gasteiger partial charge on any atom is -0.310 e. The summed E-state index contributed by atoms with van der Waals surface area (Å²) < 4.78 is 2.61. The summed E-state index contributed by atoms with van der Waals surface area (Å²) in [6.07, 6.45) is 0. The Bertz CT molecular complexity index is 2770. The summed E-state index contributed by atoms with van der Waals surface area (Å²) in [5, 5.41) is 5.08. The molecule has 1 aliphatic carbocycles. The SMILES string of the molecule is CC1(C)c2cc(N(c3ccc4c(c3)sc3ccccc34)c3cc4ccccc4cc3-c3ccccc3)ccc2-c2c(-c3ccccc3)cccc21. The van der Waals surface area contributed by atoms with Gasteiger partial charge in [-0.2, -0.15) is 0 Å². The molecule has 0 bridgehead atoms. The maximum Gasteiger partial charge on any atom is 0.0546 e. The second-order valence-corrected chi connectivity index (χ2v) is 15.2. The largest absolute Gasteiger partial charge is 0.310 e. The first-order valence-corrected chi connectivity index (χ1v) is 18.5. The molecule has 10 rings (SSSR count). The zero-order valence-electron chi connectivity index (χ0n) is 28.6. The minimum atomic E-state index is -0.168. The summed E-state index contributed by atoms with van der Waals surface area (Å²) in [4.78, 5) is 2.50. The molecular formula is C49H35NS. The van der Waals surface area contributed by atoms with Crippen molar-refractivity contribution in [2.45, 2.75) is 19.3 Å². The van der Waals surface area contributed by atoms with Crippen LogP contribution in [0.1, 0.15) is 25.0 Å². The highest BCUT2D eigenvalue weighted by Crippen LogP contribution is 2.54. The summed E-state index contributed by atoms with van der Waals surface area (Å²) >= 11 is 1.87. The third-order valence-electron chi connectivity index (χ3n) is 10.8. The Morgan fingerprint density at radius 3 is 1.84 bits per heavy atom. The molecule has 0 N–H and O–H groups in total. The molecule has 0 unspecified atom stereocenters. The van der Waals surface area contributed by atoms with Crippen molar-refractivity contribution in [3.05, 3.63) is 187 Å². The highest BCUT2D eigenvalue weighted by atomic mass is 32.1. The van der Waals surface area contributed by atoms with Crippen molar-refractivity contribution < 1.29 is 0 Å². The van der Waals surface area contributed by atoms with E-state index in [0.29, 0.717) is 0 Å². The molecule has 2 heteroatoms. The molecule has 0 aliphatic heterocycles. The van der Waals surface area contributed by atoms with E-state index in [-0.39, 0.29) is 5.41 Å². The lowest BCUT2D eigenvalue weighted by atomic mass is 9.81. The third kappa shape index (κ3) is 4.75. The molecule has 0 fully saturated rings. The lowest BCUT2D eigenvalue weighted by molar-refractivity contribution is 0.660. The van der Waals surface area contributed by atoms with E-state index in [4.69, 9.17) is 0 Å². The van der Waals surface area contributed by atoms with Gasteiger partial charge in [-0.1, -0.05) is 147 Å². The van der Waals surface area contributed by atoms with E-state index in [1.165, 1.54) is 81.1 Å². The maximum atomic E-state index is 2.50. The Labute approximate surface area is 302 Å². The van der Waals surface area contributed by atoms with Gasteiger partial charge in [0, 0.05) is 42.5 Å². The lowest BCUT2D eigenvalue weighted by Gasteiger charge is -2.30. The zero-order chi connectivity index (χ0) is 34.1. The van der Waals surface area contributed by atoms with Crippen molar-refractivity contribution in [3.8, 4) is 33.4 Å². The fourth-order valence-electron chi connectivity index (χ4n) is 8.32. The average molecular weight is 670 g/mol. The van der Waals surface area contributed by atoms with Crippen LogP contribution in [-0.2, 0) is 5.41 Å². The van der Waals surface area contributed by atoms with Gasteiger partial charge < -0.3 is 4.90 Å². The van der Waals surface area contributed by atoms with Crippen LogP contribution in [0.15, 0.2) is 176 Å². The van der Waals surface area contributed by atoms with Crippen molar-refractivity contribution in [2.75, 3.05) is 4.90 Å². The van der Waals surface area contributed by atoms with E-state index in [9.17, 15) is 0 Å². The smallest absolute Gasteiger partial charge is 0.0546 e. The normalized spacial score (nSPS) is 13.1. The molecule has 0 amide bonds. The number of benzene rings is 8. The number of nitrogens with zero attached hydrogens (tertiary/aromatic N) is 1. The molecular weight excluding hydrogens is 635 g/mol. The fourth-order valence-corrected chi connectivity index (χ4v) is 9.46. The van der Waals surface area contributed by atoms with Gasteiger partial charge in [0.15, 0.2) is 0 Å². The summed E-state index contributed by atoms with van der Waals surface area (Å²) in [5.41, 5.74) is 13.7. The predicted octanol–water partition coefficient (Wildman–Crippen LogP) is 14.3. The van der Waals surface area contributed by atoms with Gasteiger partial charge in [0.25, 0.3) is 0 Å². The Balaban J connectivity index is 1.24. The van der Waals surface area contributed by atoms with Gasteiger partial charge >= 0.3 is 0 Å². The third-order valence-corrected chi connectivity index (χ3v) is 12.0. The Morgan fingerprint density at radius 2 is 1.06 bits per heavy atom. The molecule has 51 heavy (non-hydrogen) atoms. The van der Waals surface area contributed by atoms with Crippen molar-refractivity contribution in [3.63, 3.8) is 0 Å². The molecule has 9 aromatic rings. The summed E-state index contributed by atoms with van der Waals surface area (Å²) in [5.74, 6) is 0. The maximum absolute atomic E-state index is 2.50. The molecule has 0 spiro atoms. The highest BCUT2D eigenvalue weighted by Gasteiger charge is 2.37. The molecule has 242 valence electrons. The van der Waals surface area contributed by atoms with Gasteiger partial charge in [0.05, 0.1) is 5.69 Å². The first-order chi connectivity index (χ1) is 25.0. The van der Waals surface area contributed by atoms with Crippen LogP contribution < -0.4 is 4.90 Å². The van der Waals surface area contributed by atoms with Crippen molar-refractivity contribution in [1.29, 1.82) is 0 Å². The molecule has 0 radical (unpaired) electrons. The van der Waals surface area contributed by atoms with Crippen LogP contribution in [-0.4, -0.2) is 0 Å². The van der Waals surface area contributed by atoms with Gasteiger partial charge in [0.2, 0.25) is 0 Å². The monoisotopic (exact) mass is 669 g/mol. The van der Waals surface area contributed by atoms with Gasteiger partial charge in [-0.3, -0.25) is 0 Å². The van der Waals surface area contributed by atoms with E-state index in [1.54, 1.807) is 0 Å². The van der Waals surface area contributed by atoms with Crippen LogP contribution in [0.2, 0.25) is 0 Å². The summed E-state index contributed by atoms with van der Waals surface area (Å²) in [6.45, 7) is 4.77. The van der Waals surface area contributed by atoms with Gasteiger partial charge in [-0.15, -0.1) is 11.3 Å². The van der Waals surface area contributed by atoms with Crippen LogP contribution >= 0.6 is 11.3 Å². The number of anilines is 3. The predicted molar refractivity (Wildman–Crippen MR) is 220 cm³/mol. The molecule has 0 atom stereocenters. The number of hydrogen-bond acceptors (Lipinski definition) is 2. The standard InChI is InChI=1S/C49H35NS/c1-49(2)43-22-13-21-38(32-14-5-3-6-15-32)48(43)41-27-25-36(30-44(41)49)50(37-24-26-40-39-20-11-12-23-46(39)51-47(40)31-37)45-29-35-19-10-9-18-34(35)28-42(45)33-16-7-4-8-17-33/h3-31H,1-2H3. The average Bonchev–Trinajstić information content (AvgIpc) is 3.66. The minimum absolute atomic E-state index is 0.168. The number of fused-ring (bicyclic) bond motifs is 7. The van der Waals surface area contributed by atoms with Crippen LogP contribution in [0, 0.1) is 0 Å². The molecule has 1 heterocycles. The summed E-state index contributed by atoms with van der Waals surface area (Å²) in [6, 6.07) is 64.9. The van der Waals surface area contributed by atoms with Gasteiger partial charge in [0.1, 0.15) is 0 Å². The molecule has 1 nitrogen and oxygen atoms in total. The fraction of sp³-hybridized carbons (Fsp3) is 0.0612. The second kappa shape index (κ2) is 11.6. The van der Waals surface area contributed by atoms with Crippen LogP contribution in [0.4, 0.5) is 17.1 Å². The van der Waals surface area contributed by atoms with E-state index < -0.39 is 0 Å². The topological polar surface area (TPSA) is 3.24 Å². The van der Waals surface area contributed by atoms with E-state index >= 15 is 0 Å². The first kappa shape index (κ1) is 29.9. The summed E-state index contributed by atoms with van der Waals surface area (Å²) in [7, 11) is 0. The number of rotatable bonds is 5. The molecule has 0 saturated heterocycles. The molecule has 1 aromatic heterocycles. The van der Waals surface area contributed by atoms with Gasteiger partial charge in [-0.05, 0) is 92.2 Å². The zero-order valence-corrected chi connectivity index (χ0v) is 29.4. The molecule has 1 aliphatic rings.